The Morgan fingerprint density at radius 2 is 0.857 bits per heavy atom. The number of ketones is 2. The first-order valence-corrected chi connectivity index (χ1v) is 22.6. The normalized spacial score (nSPS) is 26.5. The molecular weight excluding hydrogens is 925 g/mol. The zero-order valence-electron chi connectivity index (χ0n) is 37.6. The third-order valence-corrected chi connectivity index (χ3v) is 12.8. The molecular formula is C48H58N2O20. The van der Waals surface area contributed by atoms with E-state index in [1.165, 1.54) is 24.3 Å². The highest BCUT2D eigenvalue weighted by Crippen LogP contribution is 2.43. The molecule has 0 unspecified atom stereocenters. The zero-order chi connectivity index (χ0) is 50.6. The third-order valence-electron chi connectivity index (χ3n) is 12.8. The van der Waals surface area contributed by atoms with E-state index in [1.807, 2.05) is 9.80 Å². The lowest BCUT2D eigenvalue weighted by molar-refractivity contribution is -0.277. The minimum Gasteiger partial charge on any atom is -0.508 e. The van der Waals surface area contributed by atoms with Crippen LogP contribution < -0.4 is 9.47 Å². The van der Waals surface area contributed by atoms with Crippen molar-refractivity contribution in [3.63, 3.8) is 0 Å². The van der Waals surface area contributed by atoms with Gasteiger partial charge in [0.25, 0.3) is 0 Å². The summed E-state index contributed by atoms with van der Waals surface area (Å²) in [7, 11) is 0. The van der Waals surface area contributed by atoms with Crippen LogP contribution in [0.2, 0.25) is 0 Å². The average molecular weight is 983 g/mol. The van der Waals surface area contributed by atoms with Crippen LogP contribution in [0.25, 0.3) is 0 Å². The molecule has 3 fully saturated rings. The van der Waals surface area contributed by atoms with Crippen molar-refractivity contribution in [3.8, 4) is 46.0 Å². The Kier molecular flexibility index (Phi) is 16.7. The van der Waals surface area contributed by atoms with Gasteiger partial charge in [0.2, 0.25) is 12.6 Å². The lowest BCUT2D eigenvalue weighted by Crippen LogP contribution is -2.60. The van der Waals surface area contributed by atoms with Crippen LogP contribution in [0.3, 0.4) is 0 Å². The Morgan fingerprint density at radius 1 is 0.514 bits per heavy atom. The maximum atomic E-state index is 13.9. The molecule has 3 heterocycles. The number of piperazine rings is 1. The van der Waals surface area contributed by atoms with Crippen molar-refractivity contribution in [3.05, 3.63) is 94.0 Å². The van der Waals surface area contributed by atoms with Crippen LogP contribution >= 0.6 is 0 Å². The second kappa shape index (κ2) is 22.5. The number of benzene rings is 4. The number of ether oxygens (including phenoxy) is 4. The number of carbonyl (C=O) groups is 2. The molecule has 70 heavy (non-hydrogen) atoms. The topological polar surface area (TPSA) is 361 Å². The second-order valence-corrected chi connectivity index (χ2v) is 17.6. The number of hydrogen-bond donors (Lipinski definition) is 14. The Labute approximate surface area is 400 Å². The zero-order valence-corrected chi connectivity index (χ0v) is 37.6. The first kappa shape index (κ1) is 52.0. The molecule has 0 radical (unpaired) electrons. The molecule has 14 N–H and O–H groups in total. The van der Waals surface area contributed by atoms with Gasteiger partial charge in [0.1, 0.15) is 106 Å². The molecule has 3 aliphatic rings. The molecule has 7 rings (SSSR count). The van der Waals surface area contributed by atoms with Gasteiger partial charge >= 0.3 is 0 Å². The number of phenols is 6. The first-order chi connectivity index (χ1) is 33.4. The molecule has 0 bridgehead atoms. The highest BCUT2D eigenvalue weighted by molar-refractivity contribution is 6.03. The summed E-state index contributed by atoms with van der Waals surface area (Å²) in [6.45, 7) is -0.681. The fourth-order valence-corrected chi connectivity index (χ4v) is 8.60. The van der Waals surface area contributed by atoms with Crippen LogP contribution in [-0.4, -0.2) is 194 Å². The standard InChI is InChI=1S/C48H58N2O20/c51-21-35-41(61)43(63)45(65)47(69-35)67-33-17-31(57)27(39(59)37(33)29(55)11-5-23-1-7-25(53)8-2-23)19-49-13-15-50(16-14-49)20-28-32(58)18-34(68-48-46(66)44(64)42(62)36(22-52)70-48)38(40(28)60)30(56)12-6-24-3-9-26(54)10-4-24/h1-4,7-10,17-18,35-36,41-48,51-54,57-66H,5-6,11-16,19-22H2/t35-,36+,41-,42+,43+,44-,45-,46+,47-,48+. The quantitative estimate of drug-likeness (QED) is 0.0544. The fourth-order valence-electron chi connectivity index (χ4n) is 8.60. The molecule has 4 aromatic carbocycles. The van der Waals surface area contributed by atoms with Crippen molar-refractivity contribution < 1.29 is 100 Å². The molecule has 10 atom stereocenters. The van der Waals surface area contributed by atoms with Gasteiger partial charge in [0.15, 0.2) is 11.6 Å². The SMILES string of the molecule is O=C(CCc1ccc(O)cc1)c1c(O[C@H]2O[C@@H](CO)[C@H](O)[C@@H](O)[C@@H]2O)cc(O)c(CN2CCN(Cc3c(O)cc(O[C@@H]4O[C@H](CO)[C@@H](O)[C@H](O)[C@H]4O)c(C(=O)CCc4ccc(O)cc4)c3O)CC2)c1O. The van der Waals surface area contributed by atoms with Gasteiger partial charge in [-0.2, -0.15) is 0 Å². The van der Waals surface area contributed by atoms with Crippen molar-refractivity contribution in [2.24, 2.45) is 0 Å². The summed E-state index contributed by atoms with van der Waals surface area (Å²) < 4.78 is 22.5. The summed E-state index contributed by atoms with van der Waals surface area (Å²) >= 11 is 0. The van der Waals surface area contributed by atoms with Crippen molar-refractivity contribution in [1.82, 2.24) is 9.80 Å². The summed E-state index contributed by atoms with van der Waals surface area (Å²) in [5.41, 5.74) is 0.436. The van der Waals surface area contributed by atoms with Crippen molar-refractivity contribution >= 4 is 11.6 Å². The molecule has 380 valence electrons. The smallest absolute Gasteiger partial charge is 0.229 e. The lowest BCUT2D eigenvalue weighted by Gasteiger charge is -2.40. The van der Waals surface area contributed by atoms with Crippen LogP contribution in [0.4, 0.5) is 0 Å². The Balaban J connectivity index is 1.09. The molecule has 0 amide bonds. The number of aromatic hydroxyl groups is 6. The Bertz CT molecular complexity index is 2280. The largest absolute Gasteiger partial charge is 0.508 e. The van der Waals surface area contributed by atoms with Gasteiger partial charge in [0, 0.05) is 64.2 Å². The van der Waals surface area contributed by atoms with E-state index >= 15 is 0 Å². The number of aryl methyl sites for hydroxylation is 2. The summed E-state index contributed by atoms with van der Waals surface area (Å²) in [4.78, 5) is 31.5. The number of nitrogens with zero attached hydrogens (tertiary/aromatic N) is 2. The third kappa shape index (κ3) is 11.5. The predicted octanol–water partition coefficient (Wildman–Crippen LogP) is -0.774. The molecule has 22 nitrogen and oxygen atoms in total. The summed E-state index contributed by atoms with van der Waals surface area (Å²) in [6.07, 6.45) is -17.2. The molecule has 0 aromatic heterocycles. The monoisotopic (exact) mass is 982 g/mol. The Hall–Kier alpha value is -5.86. The van der Waals surface area contributed by atoms with Crippen LogP contribution in [0.5, 0.6) is 46.0 Å². The number of hydrogen-bond acceptors (Lipinski definition) is 22. The van der Waals surface area contributed by atoms with Gasteiger partial charge in [-0.25, -0.2) is 0 Å². The highest BCUT2D eigenvalue weighted by atomic mass is 16.7. The van der Waals surface area contributed by atoms with E-state index < -0.39 is 121 Å². The minimum absolute atomic E-state index is 0.0138. The second-order valence-electron chi connectivity index (χ2n) is 17.6. The van der Waals surface area contributed by atoms with E-state index in [0.29, 0.717) is 11.1 Å². The van der Waals surface area contributed by atoms with Crippen LogP contribution in [-0.2, 0) is 35.4 Å². The molecule has 0 saturated carbocycles. The highest BCUT2D eigenvalue weighted by Gasteiger charge is 2.47. The number of Topliss-reactive ketones (excluding diaryl/α,β-unsaturated/α-hetero) is 2. The van der Waals surface area contributed by atoms with Crippen molar-refractivity contribution in [1.29, 1.82) is 0 Å². The van der Waals surface area contributed by atoms with Crippen molar-refractivity contribution in [2.75, 3.05) is 39.4 Å². The number of aliphatic hydroxyl groups excluding tert-OH is 8. The van der Waals surface area contributed by atoms with Gasteiger partial charge in [-0.1, -0.05) is 24.3 Å². The maximum absolute atomic E-state index is 13.9. The molecule has 0 spiro atoms. The van der Waals surface area contributed by atoms with Crippen LogP contribution in [0.1, 0.15) is 55.8 Å². The van der Waals surface area contributed by atoms with E-state index in [4.69, 9.17) is 18.9 Å². The number of rotatable bonds is 18. The van der Waals surface area contributed by atoms with Gasteiger partial charge < -0.3 is 90.4 Å². The van der Waals surface area contributed by atoms with E-state index in [-0.39, 0.29) is 98.7 Å². The van der Waals surface area contributed by atoms with Gasteiger partial charge in [-0.3, -0.25) is 19.4 Å². The molecule has 0 aliphatic carbocycles. The van der Waals surface area contributed by atoms with Gasteiger partial charge in [0.05, 0.1) is 24.3 Å². The van der Waals surface area contributed by atoms with E-state index in [0.717, 1.165) is 12.1 Å². The summed E-state index contributed by atoms with van der Waals surface area (Å²) in [5.74, 6) is -4.46. The fraction of sp³-hybridized carbons (Fsp3) is 0.458. The number of carbonyl (C=O) groups excluding carboxylic acids is 2. The van der Waals surface area contributed by atoms with Crippen LogP contribution in [0.15, 0.2) is 60.7 Å². The maximum Gasteiger partial charge on any atom is 0.229 e. The number of phenolic OH excluding ortho intramolecular Hbond substituents is 6. The number of aliphatic hydroxyl groups is 8. The van der Waals surface area contributed by atoms with Crippen molar-refractivity contribution in [2.45, 2.75) is 100 Å². The molecule has 4 aromatic rings. The predicted molar refractivity (Wildman–Crippen MR) is 240 cm³/mol. The molecule has 3 aliphatic heterocycles. The summed E-state index contributed by atoms with van der Waals surface area (Å²) in [6, 6.07) is 14.3. The molecule has 3 saturated heterocycles. The minimum atomic E-state index is -1.88. The average Bonchev–Trinajstić information content (AvgIpc) is 3.34. The molecule has 22 heteroatoms. The Morgan fingerprint density at radius 3 is 1.19 bits per heavy atom. The summed E-state index contributed by atoms with van der Waals surface area (Å²) in [5, 5.41) is 148. The van der Waals surface area contributed by atoms with Crippen LogP contribution in [0, 0.1) is 0 Å². The first-order valence-electron chi connectivity index (χ1n) is 22.6. The van der Waals surface area contributed by atoms with E-state index in [1.54, 1.807) is 24.3 Å². The van der Waals surface area contributed by atoms with Gasteiger partial charge in [-0.05, 0) is 48.2 Å². The van der Waals surface area contributed by atoms with E-state index in [9.17, 15) is 81.1 Å². The lowest BCUT2D eigenvalue weighted by atomic mass is 9.97. The van der Waals surface area contributed by atoms with E-state index in [2.05, 4.69) is 0 Å². The van der Waals surface area contributed by atoms with Gasteiger partial charge in [-0.15, -0.1) is 0 Å².